The van der Waals surface area contributed by atoms with Gasteiger partial charge in [0, 0.05) is 23.0 Å². The fraction of sp³-hybridized carbons (Fsp3) is 0.417. The summed E-state index contributed by atoms with van der Waals surface area (Å²) in [5, 5.41) is 8.67. The van der Waals surface area contributed by atoms with Gasteiger partial charge in [0.05, 0.1) is 5.75 Å². The van der Waals surface area contributed by atoms with Gasteiger partial charge in [-0.15, -0.1) is 11.8 Å². The molecule has 0 amide bonds. The van der Waals surface area contributed by atoms with Gasteiger partial charge in [0.25, 0.3) is 0 Å². The maximum Gasteiger partial charge on any atom is 0.106 e. The Bertz CT molecular complexity index is 333. The van der Waals surface area contributed by atoms with E-state index in [0.717, 1.165) is 23.0 Å². The second-order valence-electron chi connectivity index (χ2n) is 3.36. The van der Waals surface area contributed by atoms with Crippen LogP contribution in [0.4, 0.5) is 0 Å². The van der Waals surface area contributed by atoms with Crippen LogP contribution in [0.15, 0.2) is 29.2 Å². The molecule has 0 atom stereocenters. The highest BCUT2D eigenvalue weighted by molar-refractivity contribution is 8.00. The highest BCUT2D eigenvalue weighted by atomic mass is 35.5. The first-order chi connectivity index (χ1) is 7.67. The van der Waals surface area contributed by atoms with E-state index in [1.165, 1.54) is 0 Å². The minimum absolute atomic E-state index is 0.685. The summed E-state index contributed by atoms with van der Waals surface area (Å²) < 4.78 is 0. The molecule has 1 aromatic rings. The van der Waals surface area contributed by atoms with Gasteiger partial charge in [-0.3, -0.25) is 5.41 Å². The first kappa shape index (κ1) is 13.4. The second kappa shape index (κ2) is 6.81. The van der Waals surface area contributed by atoms with Crippen LogP contribution in [-0.4, -0.2) is 29.6 Å². The largest absolute Gasteiger partial charge is 0.360 e. The number of amidine groups is 1. The lowest BCUT2D eigenvalue weighted by Crippen LogP contribution is -2.31. The van der Waals surface area contributed by atoms with Crippen LogP contribution >= 0.6 is 23.4 Å². The van der Waals surface area contributed by atoms with E-state index in [1.807, 2.05) is 24.3 Å². The zero-order chi connectivity index (χ0) is 12.0. The Labute approximate surface area is 106 Å². The molecule has 0 aliphatic carbocycles. The van der Waals surface area contributed by atoms with Gasteiger partial charge in [0.1, 0.15) is 5.84 Å². The molecule has 1 N–H and O–H groups in total. The van der Waals surface area contributed by atoms with Crippen molar-refractivity contribution in [3.05, 3.63) is 29.3 Å². The summed E-state index contributed by atoms with van der Waals surface area (Å²) in [4.78, 5) is 3.21. The third-order valence-corrected chi connectivity index (χ3v) is 3.61. The molecular formula is C12H17ClN2S. The lowest BCUT2D eigenvalue weighted by molar-refractivity contribution is 0.461. The molecule has 0 aliphatic rings. The molecule has 4 heteroatoms. The van der Waals surface area contributed by atoms with Gasteiger partial charge in [-0.05, 0) is 38.1 Å². The maximum absolute atomic E-state index is 7.92. The number of nitrogens with zero attached hydrogens (tertiary/aromatic N) is 1. The third-order valence-electron chi connectivity index (χ3n) is 2.33. The second-order valence-corrected chi connectivity index (χ2v) is 4.85. The fourth-order valence-electron chi connectivity index (χ4n) is 1.38. The molecule has 0 radical (unpaired) electrons. The van der Waals surface area contributed by atoms with E-state index in [-0.39, 0.29) is 0 Å². The van der Waals surface area contributed by atoms with Crippen LogP contribution < -0.4 is 0 Å². The van der Waals surface area contributed by atoms with Crippen molar-refractivity contribution in [1.29, 1.82) is 5.41 Å². The fourth-order valence-corrected chi connectivity index (χ4v) is 2.32. The number of nitrogens with one attached hydrogen (secondary N) is 1. The van der Waals surface area contributed by atoms with Gasteiger partial charge < -0.3 is 4.90 Å². The predicted octanol–water partition coefficient (Wildman–Crippen LogP) is 3.75. The van der Waals surface area contributed by atoms with Crippen molar-refractivity contribution in [3.63, 3.8) is 0 Å². The van der Waals surface area contributed by atoms with E-state index in [4.69, 9.17) is 17.0 Å². The number of rotatable bonds is 5. The van der Waals surface area contributed by atoms with Crippen LogP contribution in [0.1, 0.15) is 13.8 Å². The maximum atomic E-state index is 7.92. The van der Waals surface area contributed by atoms with Crippen LogP contribution in [0, 0.1) is 5.41 Å². The highest BCUT2D eigenvalue weighted by Gasteiger charge is 2.05. The van der Waals surface area contributed by atoms with Gasteiger partial charge in [-0.2, -0.15) is 0 Å². The minimum atomic E-state index is 0.685. The standard InChI is InChI=1S/C12H17ClN2S/c1-3-15(4-2)12(14)9-16-11-7-5-10(13)6-8-11/h5-8,14H,3-4,9H2,1-2H3. The summed E-state index contributed by atoms with van der Waals surface area (Å²) in [5.74, 6) is 1.40. The lowest BCUT2D eigenvalue weighted by atomic mass is 10.4. The highest BCUT2D eigenvalue weighted by Crippen LogP contribution is 2.20. The summed E-state index contributed by atoms with van der Waals surface area (Å²) in [7, 11) is 0. The molecule has 0 unspecified atom stereocenters. The predicted molar refractivity (Wildman–Crippen MR) is 72.8 cm³/mol. The van der Waals surface area contributed by atoms with Crippen LogP contribution in [-0.2, 0) is 0 Å². The van der Waals surface area contributed by atoms with E-state index in [9.17, 15) is 0 Å². The number of benzene rings is 1. The molecular weight excluding hydrogens is 240 g/mol. The molecule has 1 rings (SSSR count). The van der Waals surface area contributed by atoms with E-state index in [0.29, 0.717) is 11.6 Å². The normalized spacial score (nSPS) is 10.2. The molecule has 0 fully saturated rings. The average molecular weight is 257 g/mol. The van der Waals surface area contributed by atoms with Crippen LogP contribution in [0.3, 0.4) is 0 Å². The van der Waals surface area contributed by atoms with Crippen LogP contribution in [0.2, 0.25) is 5.02 Å². The summed E-state index contributed by atoms with van der Waals surface area (Å²) in [6, 6.07) is 7.74. The Balaban J connectivity index is 2.45. The number of hydrogen-bond acceptors (Lipinski definition) is 2. The number of halogens is 1. The summed E-state index contributed by atoms with van der Waals surface area (Å²) in [5.41, 5.74) is 0. The molecule has 0 aromatic heterocycles. The molecule has 0 aliphatic heterocycles. The van der Waals surface area contributed by atoms with Crippen molar-refractivity contribution in [2.45, 2.75) is 18.7 Å². The summed E-state index contributed by atoms with van der Waals surface area (Å²) in [6.45, 7) is 5.95. The Kier molecular flexibility index (Phi) is 5.71. The Morgan fingerprint density at radius 2 is 1.81 bits per heavy atom. The van der Waals surface area contributed by atoms with Crippen LogP contribution in [0.5, 0.6) is 0 Å². The monoisotopic (exact) mass is 256 g/mol. The van der Waals surface area contributed by atoms with Crippen molar-refractivity contribution in [3.8, 4) is 0 Å². The quantitative estimate of drug-likeness (QED) is 0.494. The minimum Gasteiger partial charge on any atom is -0.360 e. The molecule has 0 saturated carbocycles. The Hall–Kier alpha value is -0.670. The topological polar surface area (TPSA) is 27.1 Å². The van der Waals surface area contributed by atoms with E-state index in [2.05, 4.69) is 18.7 Å². The smallest absolute Gasteiger partial charge is 0.106 e. The first-order valence-electron chi connectivity index (χ1n) is 5.38. The summed E-state index contributed by atoms with van der Waals surface area (Å²) in [6.07, 6.45) is 0. The van der Waals surface area contributed by atoms with Gasteiger partial charge in [-0.1, -0.05) is 11.6 Å². The first-order valence-corrected chi connectivity index (χ1v) is 6.74. The van der Waals surface area contributed by atoms with Gasteiger partial charge in [-0.25, -0.2) is 0 Å². The molecule has 0 saturated heterocycles. The van der Waals surface area contributed by atoms with E-state index < -0.39 is 0 Å². The van der Waals surface area contributed by atoms with Crippen molar-refractivity contribution >= 4 is 29.2 Å². The van der Waals surface area contributed by atoms with Gasteiger partial charge in [0.15, 0.2) is 0 Å². The molecule has 2 nitrogen and oxygen atoms in total. The number of hydrogen-bond donors (Lipinski definition) is 1. The van der Waals surface area contributed by atoms with Gasteiger partial charge >= 0.3 is 0 Å². The van der Waals surface area contributed by atoms with E-state index in [1.54, 1.807) is 11.8 Å². The molecule has 0 spiro atoms. The molecule has 0 bridgehead atoms. The Morgan fingerprint density at radius 3 is 2.31 bits per heavy atom. The zero-order valence-electron chi connectivity index (χ0n) is 9.66. The summed E-state index contributed by atoms with van der Waals surface area (Å²) >= 11 is 7.48. The zero-order valence-corrected chi connectivity index (χ0v) is 11.2. The lowest BCUT2D eigenvalue weighted by Gasteiger charge is -2.21. The average Bonchev–Trinajstić information content (AvgIpc) is 2.30. The molecule has 88 valence electrons. The van der Waals surface area contributed by atoms with Crippen LogP contribution in [0.25, 0.3) is 0 Å². The van der Waals surface area contributed by atoms with Crippen molar-refractivity contribution in [2.75, 3.05) is 18.8 Å². The molecule has 1 aromatic carbocycles. The van der Waals surface area contributed by atoms with Crippen molar-refractivity contribution in [2.24, 2.45) is 0 Å². The van der Waals surface area contributed by atoms with E-state index >= 15 is 0 Å². The molecule has 0 heterocycles. The Morgan fingerprint density at radius 1 is 1.25 bits per heavy atom. The number of thioether (sulfide) groups is 1. The third kappa shape index (κ3) is 4.06. The molecule has 16 heavy (non-hydrogen) atoms. The van der Waals surface area contributed by atoms with Crippen molar-refractivity contribution in [1.82, 2.24) is 4.90 Å². The van der Waals surface area contributed by atoms with Gasteiger partial charge in [0.2, 0.25) is 0 Å². The van der Waals surface area contributed by atoms with Crippen molar-refractivity contribution < 1.29 is 0 Å². The SMILES string of the molecule is CCN(CC)C(=N)CSc1ccc(Cl)cc1.